The molecule has 1 aromatic carbocycles. The maximum atomic E-state index is 12.5. The Balaban J connectivity index is 1.85. The van der Waals surface area contributed by atoms with Crippen molar-refractivity contribution in [2.24, 2.45) is 0 Å². The Morgan fingerprint density at radius 3 is 2.71 bits per heavy atom. The van der Waals surface area contributed by atoms with Crippen molar-refractivity contribution >= 4 is 6.09 Å². The van der Waals surface area contributed by atoms with Crippen molar-refractivity contribution in [3.63, 3.8) is 0 Å². The summed E-state index contributed by atoms with van der Waals surface area (Å²) in [4.78, 5) is 14.4. The molecule has 1 N–H and O–H groups in total. The normalized spacial score (nSPS) is 28.5. The summed E-state index contributed by atoms with van der Waals surface area (Å²) in [6, 6.07) is 10.7. The summed E-state index contributed by atoms with van der Waals surface area (Å²) in [6.07, 6.45) is 1.74. The summed E-state index contributed by atoms with van der Waals surface area (Å²) in [5.74, 6) is 0. The van der Waals surface area contributed by atoms with Crippen molar-refractivity contribution < 1.29 is 9.53 Å². The highest BCUT2D eigenvalue weighted by Gasteiger charge is 2.53. The van der Waals surface area contributed by atoms with E-state index in [-0.39, 0.29) is 17.7 Å². The van der Waals surface area contributed by atoms with E-state index in [0.29, 0.717) is 0 Å². The van der Waals surface area contributed by atoms with Gasteiger partial charge in [-0.25, -0.2) is 4.79 Å². The smallest absolute Gasteiger partial charge is 0.410 e. The van der Waals surface area contributed by atoms with Gasteiger partial charge < -0.3 is 15.0 Å². The molecular formula is C17H24N2O2. The van der Waals surface area contributed by atoms with Crippen molar-refractivity contribution in [1.29, 1.82) is 0 Å². The van der Waals surface area contributed by atoms with Crippen LogP contribution < -0.4 is 5.32 Å². The molecule has 3 rings (SSSR count). The fourth-order valence-electron chi connectivity index (χ4n) is 3.64. The van der Waals surface area contributed by atoms with E-state index in [4.69, 9.17) is 4.74 Å². The van der Waals surface area contributed by atoms with E-state index in [1.807, 2.05) is 31.7 Å². The van der Waals surface area contributed by atoms with Crippen LogP contribution in [0.5, 0.6) is 0 Å². The molecule has 0 bridgehead atoms. The SMILES string of the molecule is CC(C)(C)OC(=O)N1CC[C@@]2(c3ccccc3)NCC[C@@H]12. The highest BCUT2D eigenvalue weighted by atomic mass is 16.6. The maximum absolute atomic E-state index is 12.5. The molecule has 2 aliphatic rings. The number of likely N-dealkylation sites (tertiary alicyclic amines) is 1. The molecular weight excluding hydrogens is 264 g/mol. The number of nitrogens with zero attached hydrogens (tertiary/aromatic N) is 1. The van der Waals surface area contributed by atoms with Gasteiger partial charge in [-0.2, -0.15) is 0 Å². The van der Waals surface area contributed by atoms with Gasteiger partial charge in [0.15, 0.2) is 0 Å². The molecule has 0 aliphatic carbocycles. The van der Waals surface area contributed by atoms with Crippen LogP contribution in [0.2, 0.25) is 0 Å². The van der Waals surface area contributed by atoms with Crippen LogP contribution in [0, 0.1) is 0 Å². The van der Waals surface area contributed by atoms with Gasteiger partial charge in [0.25, 0.3) is 0 Å². The van der Waals surface area contributed by atoms with Crippen molar-refractivity contribution in [2.45, 2.75) is 50.8 Å². The number of hydrogen-bond donors (Lipinski definition) is 1. The van der Waals surface area contributed by atoms with E-state index in [1.54, 1.807) is 0 Å². The molecule has 2 fully saturated rings. The molecule has 2 saturated heterocycles. The number of fused-ring (bicyclic) bond motifs is 1. The second-order valence-electron chi connectivity index (χ2n) is 6.99. The third kappa shape index (κ3) is 2.53. The van der Waals surface area contributed by atoms with Gasteiger partial charge in [0.05, 0.1) is 11.6 Å². The third-order valence-electron chi connectivity index (χ3n) is 4.47. The van der Waals surface area contributed by atoms with Crippen molar-refractivity contribution in [3.05, 3.63) is 35.9 Å². The molecule has 4 nitrogen and oxygen atoms in total. The zero-order valence-electron chi connectivity index (χ0n) is 13.1. The van der Waals surface area contributed by atoms with Crippen molar-refractivity contribution in [3.8, 4) is 0 Å². The molecule has 21 heavy (non-hydrogen) atoms. The molecule has 0 unspecified atom stereocenters. The predicted octanol–water partition coefficient (Wildman–Crippen LogP) is 2.88. The molecule has 0 saturated carbocycles. The number of amides is 1. The van der Waals surface area contributed by atoms with E-state index < -0.39 is 5.60 Å². The van der Waals surface area contributed by atoms with Crippen LogP contribution in [0.3, 0.4) is 0 Å². The minimum atomic E-state index is -0.443. The van der Waals surface area contributed by atoms with E-state index in [9.17, 15) is 4.79 Å². The predicted molar refractivity (Wildman–Crippen MR) is 82.1 cm³/mol. The standard InChI is InChI=1S/C17H24N2O2/c1-16(2,3)21-15(20)19-12-10-17(14(19)9-11-18-17)13-7-5-4-6-8-13/h4-8,14,18H,9-12H2,1-3H3/t14-,17+/m1/s1. The van der Waals surface area contributed by atoms with Gasteiger partial charge in [0.2, 0.25) is 0 Å². The molecule has 1 amide bonds. The van der Waals surface area contributed by atoms with Crippen LogP contribution in [0.25, 0.3) is 0 Å². The maximum Gasteiger partial charge on any atom is 0.410 e. The van der Waals surface area contributed by atoms with Gasteiger partial charge in [-0.3, -0.25) is 0 Å². The summed E-state index contributed by atoms with van der Waals surface area (Å²) >= 11 is 0. The van der Waals surface area contributed by atoms with Gasteiger partial charge in [0, 0.05) is 6.54 Å². The minimum absolute atomic E-state index is 0.0990. The molecule has 1 aromatic rings. The molecule has 2 aliphatic heterocycles. The summed E-state index contributed by atoms with van der Waals surface area (Å²) in [7, 11) is 0. The van der Waals surface area contributed by atoms with Gasteiger partial charge in [-0.1, -0.05) is 30.3 Å². The summed E-state index contributed by atoms with van der Waals surface area (Å²) in [5.41, 5.74) is 0.734. The van der Waals surface area contributed by atoms with Gasteiger partial charge >= 0.3 is 6.09 Å². The molecule has 114 valence electrons. The van der Waals surface area contributed by atoms with E-state index in [1.165, 1.54) is 5.56 Å². The summed E-state index contributed by atoms with van der Waals surface area (Å²) < 4.78 is 5.57. The number of ether oxygens (including phenoxy) is 1. The highest BCUT2D eigenvalue weighted by Crippen LogP contribution is 2.43. The van der Waals surface area contributed by atoms with E-state index in [2.05, 4.69) is 29.6 Å². The van der Waals surface area contributed by atoms with E-state index in [0.717, 1.165) is 25.9 Å². The van der Waals surface area contributed by atoms with Crippen LogP contribution >= 0.6 is 0 Å². The molecule has 0 radical (unpaired) electrons. The second kappa shape index (κ2) is 5.02. The molecule has 2 heterocycles. The van der Waals surface area contributed by atoms with Gasteiger partial charge in [0.1, 0.15) is 5.60 Å². The van der Waals surface area contributed by atoms with Crippen LogP contribution in [-0.4, -0.2) is 35.7 Å². The van der Waals surface area contributed by atoms with Crippen LogP contribution in [0.4, 0.5) is 4.79 Å². The first-order chi connectivity index (χ1) is 9.92. The first-order valence-corrected chi connectivity index (χ1v) is 7.73. The lowest BCUT2D eigenvalue weighted by Crippen LogP contribution is -2.47. The Kier molecular flexibility index (Phi) is 3.44. The lowest BCUT2D eigenvalue weighted by molar-refractivity contribution is 0.0208. The zero-order valence-corrected chi connectivity index (χ0v) is 13.1. The van der Waals surface area contributed by atoms with Crippen molar-refractivity contribution in [1.82, 2.24) is 10.2 Å². The first-order valence-electron chi connectivity index (χ1n) is 7.73. The molecule has 2 atom stereocenters. The van der Waals surface area contributed by atoms with Crippen LogP contribution in [-0.2, 0) is 10.3 Å². The molecule has 4 heteroatoms. The van der Waals surface area contributed by atoms with Gasteiger partial charge in [-0.15, -0.1) is 0 Å². The average molecular weight is 288 g/mol. The number of carbonyl (C=O) groups is 1. The Morgan fingerprint density at radius 2 is 2.05 bits per heavy atom. The van der Waals surface area contributed by atoms with E-state index >= 15 is 0 Å². The zero-order chi connectivity index (χ0) is 15.1. The quantitative estimate of drug-likeness (QED) is 0.864. The molecule has 0 aromatic heterocycles. The molecule has 0 spiro atoms. The number of benzene rings is 1. The number of hydrogen-bond acceptors (Lipinski definition) is 3. The third-order valence-corrected chi connectivity index (χ3v) is 4.47. The average Bonchev–Trinajstić information content (AvgIpc) is 2.96. The fraction of sp³-hybridized carbons (Fsp3) is 0.588. The Hall–Kier alpha value is -1.55. The van der Waals surface area contributed by atoms with Crippen LogP contribution in [0.1, 0.15) is 39.2 Å². The minimum Gasteiger partial charge on any atom is -0.444 e. The Bertz CT molecular complexity index is 523. The Morgan fingerprint density at radius 1 is 1.33 bits per heavy atom. The largest absolute Gasteiger partial charge is 0.444 e. The Labute approximate surface area is 126 Å². The van der Waals surface area contributed by atoms with Gasteiger partial charge in [-0.05, 0) is 45.7 Å². The highest BCUT2D eigenvalue weighted by molar-refractivity contribution is 5.69. The number of rotatable bonds is 1. The number of nitrogens with one attached hydrogen (secondary N) is 1. The monoisotopic (exact) mass is 288 g/mol. The summed E-state index contributed by atoms with van der Waals surface area (Å²) in [6.45, 7) is 7.44. The lowest BCUT2D eigenvalue weighted by atomic mass is 9.84. The summed E-state index contributed by atoms with van der Waals surface area (Å²) in [5, 5.41) is 3.65. The van der Waals surface area contributed by atoms with Crippen LogP contribution in [0.15, 0.2) is 30.3 Å². The fourth-order valence-corrected chi connectivity index (χ4v) is 3.64. The second-order valence-corrected chi connectivity index (χ2v) is 6.99. The van der Waals surface area contributed by atoms with Crippen molar-refractivity contribution in [2.75, 3.05) is 13.1 Å². The first kappa shape index (κ1) is 14.4. The topological polar surface area (TPSA) is 41.6 Å². The number of carbonyl (C=O) groups excluding carboxylic acids is 1. The lowest BCUT2D eigenvalue weighted by Gasteiger charge is -2.33.